The van der Waals surface area contributed by atoms with Gasteiger partial charge in [-0.15, -0.1) is 0 Å². The molecule has 0 unspecified atom stereocenters. The Labute approximate surface area is 110 Å². The summed E-state index contributed by atoms with van der Waals surface area (Å²) in [4.78, 5) is 20.8. The number of hydrogen-bond acceptors (Lipinski definition) is 3. The highest BCUT2D eigenvalue weighted by atomic mass is 79.9. The number of rotatable bonds is 2. The zero-order valence-electron chi connectivity index (χ0n) is 9.20. The number of pyridine rings is 1. The smallest absolute Gasteiger partial charge is 0.323 e. The Morgan fingerprint density at radius 1 is 1.11 bits per heavy atom. The van der Waals surface area contributed by atoms with Crippen molar-refractivity contribution >= 4 is 38.5 Å². The molecule has 1 aromatic carbocycles. The molecule has 3 aromatic rings. The third kappa shape index (κ3) is 2.14. The summed E-state index contributed by atoms with van der Waals surface area (Å²) in [5.41, 5.74) is 2.22. The predicted molar refractivity (Wildman–Crippen MR) is 74.1 cm³/mol. The summed E-state index contributed by atoms with van der Waals surface area (Å²) >= 11 is 3.33. The second-order valence-electron chi connectivity index (χ2n) is 3.83. The summed E-state index contributed by atoms with van der Waals surface area (Å²) < 4.78 is 0.929. The van der Waals surface area contributed by atoms with E-state index in [2.05, 4.69) is 36.2 Å². The van der Waals surface area contributed by atoms with Gasteiger partial charge in [-0.2, -0.15) is 0 Å². The van der Waals surface area contributed by atoms with Crippen LogP contribution in [0.25, 0.3) is 11.0 Å². The molecule has 0 aliphatic carbocycles. The van der Waals surface area contributed by atoms with E-state index in [0.29, 0.717) is 0 Å². The van der Waals surface area contributed by atoms with Crippen molar-refractivity contribution in [3.8, 4) is 0 Å². The normalized spacial score (nSPS) is 10.7. The number of fused-ring (bicyclic) bond motifs is 1. The van der Waals surface area contributed by atoms with E-state index in [-0.39, 0.29) is 5.69 Å². The molecule has 0 aliphatic heterocycles. The molecule has 0 radical (unpaired) electrons. The number of nitrogens with one attached hydrogen (secondary N) is 3. The molecule has 2 heterocycles. The number of imidazole rings is 1. The highest BCUT2D eigenvalue weighted by Gasteiger charge is 2.00. The number of hydrogen-bond donors (Lipinski definition) is 3. The Hall–Kier alpha value is -2.08. The summed E-state index contributed by atoms with van der Waals surface area (Å²) in [6.45, 7) is 0. The van der Waals surface area contributed by atoms with Gasteiger partial charge in [0.05, 0.1) is 11.0 Å². The second-order valence-corrected chi connectivity index (χ2v) is 4.74. The van der Waals surface area contributed by atoms with Crippen LogP contribution in [0.15, 0.2) is 45.8 Å². The van der Waals surface area contributed by atoms with E-state index in [1.165, 1.54) is 0 Å². The molecule has 18 heavy (non-hydrogen) atoms. The minimum atomic E-state index is -0.205. The van der Waals surface area contributed by atoms with Crippen molar-refractivity contribution < 1.29 is 0 Å². The van der Waals surface area contributed by atoms with E-state index >= 15 is 0 Å². The summed E-state index contributed by atoms with van der Waals surface area (Å²) in [7, 11) is 0. The molecule has 3 N–H and O–H groups in total. The molecule has 0 saturated heterocycles. The lowest BCUT2D eigenvalue weighted by molar-refractivity contribution is 1.21. The SMILES string of the molecule is O=c1[nH]c2ccc(Nc3ccc(Br)cn3)cc2[nH]1. The number of nitrogens with zero attached hydrogens (tertiary/aromatic N) is 1. The Kier molecular flexibility index (Phi) is 2.64. The average molecular weight is 305 g/mol. The first-order valence-corrected chi connectivity index (χ1v) is 6.11. The largest absolute Gasteiger partial charge is 0.340 e. The van der Waals surface area contributed by atoms with Gasteiger partial charge in [0.25, 0.3) is 0 Å². The van der Waals surface area contributed by atoms with Crippen LogP contribution >= 0.6 is 15.9 Å². The van der Waals surface area contributed by atoms with Gasteiger partial charge in [0.2, 0.25) is 0 Å². The van der Waals surface area contributed by atoms with E-state index in [0.717, 1.165) is 27.0 Å². The highest BCUT2D eigenvalue weighted by Crippen LogP contribution is 2.19. The summed E-state index contributed by atoms with van der Waals surface area (Å²) in [5, 5.41) is 3.16. The topological polar surface area (TPSA) is 73.6 Å². The predicted octanol–water partition coefficient (Wildman–Crippen LogP) is 2.76. The molecule has 2 aromatic heterocycles. The van der Waals surface area contributed by atoms with Gasteiger partial charge >= 0.3 is 5.69 Å². The first kappa shape index (κ1) is 11.0. The van der Waals surface area contributed by atoms with Gasteiger partial charge in [-0.1, -0.05) is 0 Å². The number of aromatic nitrogens is 3. The second kappa shape index (κ2) is 4.30. The lowest BCUT2D eigenvalue weighted by Gasteiger charge is -2.05. The summed E-state index contributed by atoms with van der Waals surface area (Å²) in [6, 6.07) is 9.36. The zero-order chi connectivity index (χ0) is 12.5. The zero-order valence-corrected chi connectivity index (χ0v) is 10.8. The van der Waals surface area contributed by atoms with E-state index in [4.69, 9.17) is 0 Å². The fourth-order valence-electron chi connectivity index (χ4n) is 1.71. The summed E-state index contributed by atoms with van der Waals surface area (Å²) in [5.74, 6) is 0.746. The molecule has 0 amide bonds. The average Bonchev–Trinajstić information content (AvgIpc) is 2.71. The van der Waals surface area contributed by atoms with Crippen molar-refractivity contribution in [2.24, 2.45) is 0 Å². The van der Waals surface area contributed by atoms with Gasteiger partial charge in [0, 0.05) is 16.4 Å². The Balaban J connectivity index is 1.94. The number of halogens is 1. The first-order chi connectivity index (χ1) is 8.70. The van der Waals surface area contributed by atoms with Crippen LogP contribution in [0.3, 0.4) is 0 Å². The van der Waals surface area contributed by atoms with Gasteiger partial charge in [0.1, 0.15) is 5.82 Å². The molecule has 0 aliphatic rings. The van der Waals surface area contributed by atoms with Crippen molar-refractivity contribution in [3.63, 3.8) is 0 Å². The molecule has 0 fully saturated rings. The molecule has 0 saturated carbocycles. The number of aromatic amines is 2. The summed E-state index contributed by atoms with van der Waals surface area (Å²) in [6.07, 6.45) is 1.72. The lowest BCUT2D eigenvalue weighted by Crippen LogP contribution is -1.99. The molecule has 90 valence electrons. The molecule has 0 bridgehead atoms. The molecule has 0 spiro atoms. The van der Waals surface area contributed by atoms with E-state index in [1.54, 1.807) is 6.20 Å². The van der Waals surface area contributed by atoms with E-state index in [1.807, 2.05) is 30.3 Å². The van der Waals surface area contributed by atoms with Crippen molar-refractivity contribution in [1.82, 2.24) is 15.0 Å². The minimum Gasteiger partial charge on any atom is -0.340 e. The molecule has 0 atom stereocenters. The molecular weight excluding hydrogens is 296 g/mol. The number of H-pyrrole nitrogens is 2. The van der Waals surface area contributed by atoms with Crippen LogP contribution < -0.4 is 11.0 Å². The maximum atomic E-state index is 11.1. The lowest BCUT2D eigenvalue weighted by atomic mass is 10.2. The van der Waals surface area contributed by atoms with Crippen LogP contribution in [0.4, 0.5) is 11.5 Å². The van der Waals surface area contributed by atoms with E-state index < -0.39 is 0 Å². The van der Waals surface area contributed by atoms with Gasteiger partial charge in [-0.3, -0.25) is 0 Å². The van der Waals surface area contributed by atoms with E-state index in [9.17, 15) is 4.79 Å². The monoisotopic (exact) mass is 304 g/mol. The molecular formula is C12H9BrN4O. The van der Waals surface area contributed by atoms with Gasteiger partial charge in [-0.25, -0.2) is 9.78 Å². The maximum Gasteiger partial charge on any atom is 0.323 e. The van der Waals surface area contributed by atoms with Crippen LogP contribution in [0.5, 0.6) is 0 Å². The standard InChI is InChI=1S/C12H9BrN4O/c13-7-1-4-11(14-6-7)15-8-2-3-9-10(5-8)17-12(18)16-9/h1-6H,(H,14,15)(H2,16,17,18). The van der Waals surface area contributed by atoms with Crippen molar-refractivity contribution in [3.05, 3.63) is 51.5 Å². The number of anilines is 2. The van der Waals surface area contributed by atoms with Crippen molar-refractivity contribution in [1.29, 1.82) is 0 Å². The quantitative estimate of drug-likeness (QED) is 0.681. The van der Waals surface area contributed by atoms with Gasteiger partial charge in [-0.05, 0) is 46.3 Å². The third-order valence-electron chi connectivity index (χ3n) is 2.52. The molecule has 6 heteroatoms. The van der Waals surface area contributed by atoms with Crippen LogP contribution in [0.2, 0.25) is 0 Å². The molecule has 5 nitrogen and oxygen atoms in total. The van der Waals surface area contributed by atoms with Gasteiger partial charge in [0.15, 0.2) is 0 Å². The van der Waals surface area contributed by atoms with Crippen LogP contribution in [0, 0.1) is 0 Å². The van der Waals surface area contributed by atoms with Crippen molar-refractivity contribution in [2.45, 2.75) is 0 Å². The third-order valence-corrected chi connectivity index (χ3v) is 2.98. The van der Waals surface area contributed by atoms with Crippen molar-refractivity contribution in [2.75, 3.05) is 5.32 Å². The highest BCUT2D eigenvalue weighted by molar-refractivity contribution is 9.10. The minimum absolute atomic E-state index is 0.205. The first-order valence-electron chi connectivity index (χ1n) is 5.31. The fourth-order valence-corrected chi connectivity index (χ4v) is 1.94. The Morgan fingerprint density at radius 2 is 1.94 bits per heavy atom. The Morgan fingerprint density at radius 3 is 2.72 bits per heavy atom. The number of benzene rings is 1. The van der Waals surface area contributed by atoms with Crippen LogP contribution in [0.1, 0.15) is 0 Å². The van der Waals surface area contributed by atoms with Crippen LogP contribution in [-0.4, -0.2) is 15.0 Å². The Bertz CT molecular complexity index is 745. The maximum absolute atomic E-state index is 11.1. The fraction of sp³-hybridized carbons (Fsp3) is 0. The van der Waals surface area contributed by atoms with Gasteiger partial charge < -0.3 is 15.3 Å². The van der Waals surface area contributed by atoms with Crippen LogP contribution in [-0.2, 0) is 0 Å². The molecule has 3 rings (SSSR count).